The molecule has 1 atom stereocenters. The smallest absolute Gasteiger partial charge is 0.313 e. The Bertz CT molecular complexity index is 389. The number of benzene rings is 1. The zero-order valence-corrected chi connectivity index (χ0v) is 10.2. The van der Waals surface area contributed by atoms with Gasteiger partial charge in [-0.25, -0.2) is 0 Å². The summed E-state index contributed by atoms with van der Waals surface area (Å²) >= 11 is 3.17. The van der Waals surface area contributed by atoms with Crippen molar-refractivity contribution in [2.24, 2.45) is 0 Å². The molecule has 3 nitrogen and oxygen atoms in total. The highest BCUT2D eigenvalue weighted by Gasteiger charge is 2.33. The molecule has 2 N–H and O–H groups in total. The zero-order chi connectivity index (χ0) is 11.6. The maximum absolute atomic E-state index is 11.2. The molecule has 0 fully saturated rings. The maximum atomic E-state index is 11.2. The average Bonchev–Trinajstić information content (AvgIpc) is 2.20. The molecule has 15 heavy (non-hydrogen) atoms. The first-order chi connectivity index (χ1) is 6.91. The lowest BCUT2D eigenvalue weighted by Gasteiger charge is -2.23. The van der Waals surface area contributed by atoms with E-state index < -0.39 is 11.4 Å². The van der Waals surface area contributed by atoms with Crippen LogP contribution in [0.25, 0.3) is 0 Å². The molecule has 0 aliphatic heterocycles. The van der Waals surface area contributed by atoms with Crippen LogP contribution < -0.4 is 0 Å². The van der Waals surface area contributed by atoms with Crippen LogP contribution in [0.4, 0.5) is 0 Å². The molecule has 0 aliphatic rings. The van der Waals surface area contributed by atoms with E-state index in [0.29, 0.717) is 16.5 Å². The van der Waals surface area contributed by atoms with Gasteiger partial charge in [0.1, 0.15) is 5.75 Å². The van der Waals surface area contributed by atoms with Crippen LogP contribution in [0.15, 0.2) is 22.7 Å². The van der Waals surface area contributed by atoms with Crippen molar-refractivity contribution in [3.05, 3.63) is 28.2 Å². The summed E-state index contributed by atoms with van der Waals surface area (Å²) in [7, 11) is 0. The highest BCUT2D eigenvalue weighted by molar-refractivity contribution is 9.10. The second-order valence-electron chi connectivity index (χ2n) is 3.66. The van der Waals surface area contributed by atoms with Crippen LogP contribution in [0.2, 0.25) is 0 Å². The number of aliphatic carboxylic acids is 1. The van der Waals surface area contributed by atoms with Crippen molar-refractivity contribution in [1.82, 2.24) is 0 Å². The van der Waals surface area contributed by atoms with Gasteiger partial charge in [-0.15, -0.1) is 0 Å². The van der Waals surface area contributed by atoms with Crippen molar-refractivity contribution >= 4 is 21.9 Å². The molecule has 0 aliphatic carbocycles. The predicted molar refractivity (Wildman–Crippen MR) is 61.1 cm³/mol. The van der Waals surface area contributed by atoms with E-state index in [1.165, 1.54) is 6.07 Å². The van der Waals surface area contributed by atoms with E-state index in [-0.39, 0.29) is 5.75 Å². The molecule has 0 bridgehead atoms. The Labute approximate surface area is 96.9 Å². The van der Waals surface area contributed by atoms with Gasteiger partial charge < -0.3 is 10.2 Å². The number of phenolic OH excluding ortho intramolecular Hbond substituents is 1. The summed E-state index contributed by atoms with van der Waals surface area (Å²) in [4.78, 5) is 11.2. The normalized spacial score (nSPS) is 14.6. The number of carbonyl (C=O) groups is 1. The molecular formula is C11H13BrO3. The van der Waals surface area contributed by atoms with Crippen molar-refractivity contribution in [1.29, 1.82) is 0 Å². The number of halogens is 1. The number of carboxylic acid groups (broad SMARTS) is 1. The first kappa shape index (κ1) is 12.0. The summed E-state index contributed by atoms with van der Waals surface area (Å²) < 4.78 is 0.515. The lowest BCUT2D eigenvalue weighted by atomic mass is 9.80. The molecule has 1 unspecified atom stereocenters. The fourth-order valence-electron chi connectivity index (χ4n) is 1.33. The Balaban J connectivity index is 3.25. The first-order valence-corrected chi connectivity index (χ1v) is 5.43. The molecule has 0 heterocycles. The van der Waals surface area contributed by atoms with Gasteiger partial charge >= 0.3 is 5.97 Å². The Morgan fingerprint density at radius 1 is 1.53 bits per heavy atom. The standard InChI is InChI=1S/C11H13BrO3/c1-3-11(2,10(14)15)7-4-5-9(13)8(12)6-7/h4-6,13H,3H2,1-2H3,(H,14,15). The van der Waals surface area contributed by atoms with Crippen LogP contribution in [0.3, 0.4) is 0 Å². The van der Waals surface area contributed by atoms with Gasteiger partial charge in [-0.05, 0) is 47.0 Å². The predicted octanol–water partition coefficient (Wildman–Crippen LogP) is 2.91. The van der Waals surface area contributed by atoms with E-state index in [1.807, 2.05) is 6.92 Å². The molecule has 82 valence electrons. The minimum absolute atomic E-state index is 0.114. The van der Waals surface area contributed by atoms with E-state index in [9.17, 15) is 9.90 Å². The third kappa shape index (κ3) is 2.15. The Morgan fingerprint density at radius 2 is 2.13 bits per heavy atom. The molecule has 0 aromatic heterocycles. The Kier molecular flexibility index (Phi) is 3.39. The van der Waals surface area contributed by atoms with Gasteiger partial charge in [0.15, 0.2) is 0 Å². The SMILES string of the molecule is CCC(C)(C(=O)O)c1ccc(O)c(Br)c1. The average molecular weight is 273 g/mol. The van der Waals surface area contributed by atoms with Gasteiger partial charge in [-0.1, -0.05) is 13.0 Å². The third-order valence-corrected chi connectivity index (χ3v) is 3.40. The summed E-state index contributed by atoms with van der Waals surface area (Å²) in [6.45, 7) is 3.50. The van der Waals surface area contributed by atoms with E-state index >= 15 is 0 Å². The monoisotopic (exact) mass is 272 g/mol. The molecule has 4 heteroatoms. The number of hydrogen-bond donors (Lipinski definition) is 2. The molecule has 0 amide bonds. The summed E-state index contributed by atoms with van der Waals surface area (Å²) in [6, 6.07) is 4.78. The quantitative estimate of drug-likeness (QED) is 0.890. The van der Waals surface area contributed by atoms with Crippen LogP contribution in [-0.2, 0) is 10.2 Å². The Hall–Kier alpha value is -1.03. The fraction of sp³-hybridized carbons (Fsp3) is 0.364. The number of phenols is 1. The number of rotatable bonds is 3. The van der Waals surface area contributed by atoms with E-state index in [1.54, 1.807) is 19.1 Å². The van der Waals surface area contributed by atoms with Crippen molar-refractivity contribution in [2.45, 2.75) is 25.7 Å². The molecule has 1 aromatic rings. The second kappa shape index (κ2) is 4.23. The Morgan fingerprint density at radius 3 is 2.53 bits per heavy atom. The van der Waals surface area contributed by atoms with Crippen molar-refractivity contribution < 1.29 is 15.0 Å². The molecule has 1 rings (SSSR count). The summed E-state index contributed by atoms with van der Waals surface area (Å²) in [5.41, 5.74) is -0.224. The number of aromatic hydroxyl groups is 1. The topological polar surface area (TPSA) is 57.5 Å². The van der Waals surface area contributed by atoms with Crippen LogP contribution in [0.5, 0.6) is 5.75 Å². The molecular weight excluding hydrogens is 260 g/mol. The van der Waals surface area contributed by atoms with Crippen LogP contribution >= 0.6 is 15.9 Å². The van der Waals surface area contributed by atoms with Crippen LogP contribution in [0, 0.1) is 0 Å². The van der Waals surface area contributed by atoms with Crippen LogP contribution in [-0.4, -0.2) is 16.2 Å². The minimum atomic E-state index is -0.907. The third-order valence-electron chi connectivity index (χ3n) is 2.76. The molecule has 0 spiro atoms. The van der Waals surface area contributed by atoms with Crippen molar-refractivity contribution in [2.75, 3.05) is 0 Å². The summed E-state index contributed by atoms with van der Waals surface area (Å²) in [5.74, 6) is -0.745. The first-order valence-electron chi connectivity index (χ1n) is 4.64. The van der Waals surface area contributed by atoms with Gasteiger partial charge in [-0.2, -0.15) is 0 Å². The zero-order valence-electron chi connectivity index (χ0n) is 8.62. The van der Waals surface area contributed by atoms with Crippen molar-refractivity contribution in [3.8, 4) is 5.75 Å². The summed E-state index contributed by atoms with van der Waals surface area (Å²) in [6.07, 6.45) is 0.500. The lowest BCUT2D eigenvalue weighted by Crippen LogP contribution is -2.31. The molecule has 0 radical (unpaired) electrons. The molecule has 0 saturated carbocycles. The van der Waals surface area contributed by atoms with Crippen LogP contribution in [0.1, 0.15) is 25.8 Å². The fourth-order valence-corrected chi connectivity index (χ4v) is 1.71. The highest BCUT2D eigenvalue weighted by Crippen LogP contribution is 2.33. The summed E-state index contributed by atoms with van der Waals surface area (Å²) in [5, 5.41) is 18.5. The highest BCUT2D eigenvalue weighted by atomic mass is 79.9. The number of carboxylic acids is 1. The second-order valence-corrected chi connectivity index (χ2v) is 4.51. The van der Waals surface area contributed by atoms with Gasteiger partial charge in [0.05, 0.1) is 9.89 Å². The molecule has 0 saturated heterocycles. The van der Waals surface area contributed by atoms with E-state index in [2.05, 4.69) is 15.9 Å². The van der Waals surface area contributed by atoms with Gasteiger partial charge in [0.25, 0.3) is 0 Å². The van der Waals surface area contributed by atoms with Gasteiger partial charge in [0.2, 0.25) is 0 Å². The largest absolute Gasteiger partial charge is 0.507 e. The van der Waals surface area contributed by atoms with Gasteiger partial charge in [0, 0.05) is 0 Å². The van der Waals surface area contributed by atoms with Gasteiger partial charge in [-0.3, -0.25) is 4.79 Å². The van der Waals surface area contributed by atoms with E-state index in [0.717, 1.165) is 0 Å². The van der Waals surface area contributed by atoms with E-state index in [4.69, 9.17) is 5.11 Å². The lowest BCUT2D eigenvalue weighted by molar-refractivity contribution is -0.143. The minimum Gasteiger partial charge on any atom is -0.507 e. The number of hydrogen-bond acceptors (Lipinski definition) is 2. The maximum Gasteiger partial charge on any atom is 0.313 e. The molecule has 1 aromatic carbocycles. The van der Waals surface area contributed by atoms with Crippen molar-refractivity contribution in [3.63, 3.8) is 0 Å².